The summed E-state index contributed by atoms with van der Waals surface area (Å²) in [4.78, 5) is 18.6. The Morgan fingerprint density at radius 3 is 3.05 bits per heavy atom. The first kappa shape index (κ1) is 12.9. The second-order valence-corrected chi connectivity index (χ2v) is 3.83. The van der Waals surface area contributed by atoms with Crippen LogP contribution in [-0.4, -0.2) is 23.0 Å². The molecule has 1 heterocycles. The van der Waals surface area contributed by atoms with Crippen LogP contribution < -0.4 is 10.1 Å². The van der Waals surface area contributed by atoms with E-state index in [1.807, 2.05) is 24.3 Å². The number of aromatic nitrogens is 2. The minimum Gasteiger partial charge on any atom is -0.496 e. The molecule has 1 aromatic heterocycles. The lowest BCUT2D eigenvalue weighted by molar-refractivity contribution is -0.116. The standard InChI is InChI=1S/C14H15N3O2/c1-19-12-5-3-2-4-11(12)6-7-14(18)17-10-13-15-8-9-16-13/h2-9H,10H2,1H3,(H,15,16)(H,17,18). The number of ether oxygens (including phenoxy) is 1. The van der Waals surface area contributed by atoms with Crippen molar-refractivity contribution in [3.63, 3.8) is 0 Å². The molecule has 0 fully saturated rings. The zero-order valence-corrected chi connectivity index (χ0v) is 10.6. The molecule has 1 aromatic carbocycles. The van der Waals surface area contributed by atoms with Crippen molar-refractivity contribution in [3.8, 4) is 5.75 Å². The lowest BCUT2D eigenvalue weighted by atomic mass is 10.2. The van der Waals surface area contributed by atoms with Crippen molar-refractivity contribution in [1.82, 2.24) is 15.3 Å². The first-order chi connectivity index (χ1) is 9.29. The fraction of sp³-hybridized carbons (Fsp3) is 0.143. The van der Waals surface area contributed by atoms with E-state index in [-0.39, 0.29) is 5.91 Å². The molecule has 0 aliphatic rings. The molecule has 0 radical (unpaired) electrons. The highest BCUT2D eigenvalue weighted by Gasteiger charge is 2.00. The van der Waals surface area contributed by atoms with Gasteiger partial charge in [0, 0.05) is 24.0 Å². The predicted molar refractivity (Wildman–Crippen MR) is 72.5 cm³/mol. The minimum absolute atomic E-state index is 0.178. The molecule has 2 rings (SSSR count). The molecule has 2 aromatic rings. The van der Waals surface area contributed by atoms with Crippen LogP contribution in [0.3, 0.4) is 0 Å². The zero-order valence-electron chi connectivity index (χ0n) is 10.6. The highest BCUT2D eigenvalue weighted by Crippen LogP contribution is 2.18. The molecule has 5 heteroatoms. The molecule has 0 unspecified atom stereocenters. The van der Waals surface area contributed by atoms with E-state index in [0.29, 0.717) is 6.54 Å². The third kappa shape index (κ3) is 3.70. The van der Waals surface area contributed by atoms with Gasteiger partial charge >= 0.3 is 0 Å². The van der Waals surface area contributed by atoms with Crippen LogP contribution in [0, 0.1) is 0 Å². The molecule has 0 saturated heterocycles. The number of nitrogens with zero attached hydrogens (tertiary/aromatic N) is 1. The van der Waals surface area contributed by atoms with Gasteiger partial charge in [-0.2, -0.15) is 0 Å². The second kappa shape index (κ2) is 6.39. The number of imidazole rings is 1. The summed E-state index contributed by atoms with van der Waals surface area (Å²) in [6, 6.07) is 7.51. The minimum atomic E-state index is -0.178. The van der Waals surface area contributed by atoms with Gasteiger partial charge in [-0.05, 0) is 12.1 Å². The van der Waals surface area contributed by atoms with E-state index < -0.39 is 0 Å². The third-order valence-electron chi connectivity index (χ3n) is 2.54. The summed E-state index contributed by atoms with van der Waals surface area (Å²) in [6.07, 6.45) is 6.55. The number of hydrogen-bond donors (Lipinski definition) is 2. The normalized spacial score (nSPS) is 10.6. The maximum absolute atomic E-state index is 11.6. The lowest BCUT2D eigenvalue weighted by Gasteiger charge is -2.03. The van der Waals surface area contributed by atoms with Gasteiger partial charge in [0.1, 0.15) is 11.6 Å². The predicted octanol–water partition coefficient (Wildman–Crippen LogP) is 1.75. The van der Waals surface area contributed by atoms with Gasteiger partial charge in [0.2, 0.25) is 5.91 Å². The van der Waals surface area contributed by atoms with Crippen LogP contribution >= 0.6 is 0 Å². The summed E-state index contributed by atoms with van der Waals surface area (Å²) in [5.41, 5.74) is 0.859. The Hall–Kier alpha value is -2.56. The molecule has 19 heavy (non-hydrogen) atoms. The van der Waals surface area contributed by atoms with Gasteiger partial charge in [-0.3, -0.25) is 4.79 Å². The van der Waals surface area contributed by atoms with Crippen LogP contribution in [0.2, 0.25) is 0 Å². The van der Waals surface area contributed by atoms with Crippen molar-refractivity contribution < 1.29 is 9.53 Å². The molecule has 0 atom stereocenters. The zero-order chi connectivity index (χ0) is 13.5. The summed E-state index contributed by atoms with van der Waals surface area (Å²) >= 11 is 0. The first-order valence-electron chi connectivity index (χ1n) is 5.87. The number of para-hydroxylation sites is 1. The van der Waals surface area contributed by atoms with Gasteiger partial charge < -0.3 is 15.0 Å². The molecule has 98 valence electrons. The molecule has 0 aliphatic carbocycles. The SMILES string of the molecule is COc1ccccc1C=CC(=O)NCc1ncc[nH]1. The van der Waals surface area contributed by atoms with E-state index in [0.717, 1.165) is 17.1 Å². The number of carbonyl (C=O) groups is 1. The number of methoxy groups -OCH3 is 1. The topological polar surface area (TPSA) is 67.0 Å². The molecule has 0 aliphatic heterocycles. The number of H-pyrrole nitrogens is 1. The number of aromatic amines is 1. The molecule has 0 saturated carbocycles. The van der Waals surface area contributed by atoms with Crippen LogP contribution in [0.15, 0.2) is 42.7 Å². The number of amides is 1. The van der Waals surface area contributed by atoms with Crippen molar-refractivity contribution in [2.75, 3.05) is 7.11 Å². The van der Waals surface area contributed by atoms with Crippen LogP contribution in [0.1, 0.15) is 11.4 Å². The Kier molecular flexibility index (Phi) is 4.34. The number of carbonyl (C=O) groups excluding carboxylic acids is 1. The maximum Gasteiger partial charge on any atom is 0.244 e. The highest BCUT2D eigenvalue weighted by atomic mass is 16.5. The Balaban J connectivity index is 1.92. The lowest BCUT2D eigenvalue weighted by Crippen LogP contribution is -2.20. The van der Waals surface area contributed by atoms with Crippen molar-refractivity contribution in [2.24, 2.45) is 0 Å². The summed E-state index contributed by atoms with van der Waals surface area (Å²) in [7, 11) is 1.60. The van der Waals surface area contributed by atoms with Gasteiger partial charge in [-0.1, -0.05) is 18.2 Å². The average molecular weight is 257 g/mol. The molecular weight excluding hydrogens is 242 g/mol. The number of rotatable bonds is 5. The number of hydrogen-bond acceptors (Lipinski definition) is 3. The van der Waals surface area contributed by atoms with E-state index in [1.165, 1.54) is 6.08 Å². The fourth-order valence-electron chi connectivity index (χ4n) is 1.59. The number of benzene rings is 1. The van der Waals surface area contributed by atoms with Crippen LogP contribution in [0.4, 0.5) is 0 Å². The van der Waals surface area contributed by atoms with Crippen molar-refractivity contribution in [1.29, 1.82) is 0 Å². The Bertz CT molecular complexity index is 562. The van der Waals surface area contributed by atoms with Crippen molar-refractivity contribution in [3.05, 3.63) is 54.1 Å². The highest BCUT2D eigenvalue weighted by molar-refractivity contribution is 5.92. The van der Waals surface area contributed by atoms with Gasteiger partial charge in [-0.15, -0.1) is 0 Å². The van der Waals surface area contributed by atoms with E-state index in [4.69, 9.17) is 4.74 Å². The van der Waals surface area contributed by atoms with Crippen LogP contribution in [0.25, 0.3) is 6.08 Å². The Morgan fingerprint density at radius 1 is 1.47 bits per heavy atom. The van der Waals surface area contributed by atoms with Crippen molar-refractivity contribution >= 4 is 12.0 Å². The molecule has 0 spiro atoms. The molecule has 0 bridgehead atoms. The van der Waals surface area contributed by atoms with Crippen molar-refractivity contribution in [2.45, 2.75) is 6.54 Å². The van der Waals surface area contributed by atoms with Gasteiger partial charge in [0.05, 0.1) is 13.7 Å². The quantitative estimate of drug-likeness (QED) is 0.802. The maximum atomic E-state index is 11.6. The average Bonchev–Trinajstić information content (AvgIpc) is 2.96. The van der Waals surface area contributed by atoms with Crippen LogP contribution in [-0.2, 0) is 11.3 Å². The summed E-state index contributed by atoms with van der Waals surface area (Å²) in [5.74, 6) is 1.28. The van der Waals surface area contributed by atoms with Crippen LogP contribution in [0.5, 0.6) is 5.75 Å². The second-order valence-electron chi connectivity index (χ2n) is 3.83. The molecule has 2 N–H and O–H groups in total. The monoisotopic (exact) mass is 257 g/mol. The molecular formula is C14H15N3O2. The third-order valence-corrected chi connectivity index (χ3v) is 2.54. The van der Waals surface area contributed by atoms with Gasteiger partial charge in [-0.25, -0.2) is 4.98 Å². The largest absolute Gasteiger partial charge is 0.496 e. The fourth-order valence-corrected chi connectivity index (χ4v) is 1.59. The van der Waals surface area contributed by atoms with E-state index >= 15 is 0 Å². The Morgan fingerprint density at radius 2 is 2.32 bits per heavy atom. The van der Waals surface area contributed by atoms with E-state index in [2.05, 4.69) is 15.3 Å². The number of nitrogens with one attached hydrogen (secondary N) is 2. The summed E-state index contributed by atoms with van der Waals surface area (Å²) in [6.45, 7) is 0.377. The Labute approximate surface area is 111 Å². The summed E-state index contributed by atoms with van der Waals surface area (Å²) in [5, 5.41) is 2.73. The smallest absolute Gasteiger partial charge is 0.244 e. The summed E-state index contributed by atoms with van der Waals surface area (Å²) < 4.78 is 5.20. The van der Waals surface area contributed by atoms with Gasteiger partial charge in [0.25, 0.3) is 0 Å². The van der Waals surface area contributed by atoms with Gasteiger partial charge in [0.15, 0.2) is 0 Å². The van der Waals surface area contributed by atoms with E-state index in [1.54, 1.807) is 25.6 Å². The molecule has 1 amide bonds. The van der Waals surface area contributed by atoms with E-state index in [9.17, 15) is 4.79 Å². The molecule has 5 nitrogen and oxygen atoms in total. The first-order valence-corrected chi connectivity index (χ1v) is 5.87.